The SMILES string of the molecule is CSc1ccccc1C(=O)Nc1sc2c(c1C(N)=O)CCN(Cc1ccccc1)C2. The topological polar surface area (TPSA) is 75.4 Å². The number of nitrogens with two attached hydrogens (primary N) is 1. The lowest BCUT2D eigenvalue weighted by molar-refractivity contribution is 0.0999. The highest BCUT2D eigenvalue weighted by molar-refractivity contribution is 7.98. The summed E-state index contributed by atoms with van der Waals surface area (Å²) in [7, 11) is 0. The number of fused-ring (bicyclic) bond motifs is 1. The Hall–Kier alpha value is -2.61. The minimum atomic E-state index is -0.488. The first-order valence-corrected chi connectivity index (χ1v) is 11.8. The molecular formula is C23H23N3O2S2. The summed E-state index contributed by atoms with van der Waals surface area (Å²) >= 11 is 2.98. The van der Waals surface area contributed by atoms with Crippen molar-refractivity contribution in [2.75, 3.05) is 18.1 Å². The highest BCUT2D eigenvalue weighted by atomic mass is 32.2. The third kappa shape index (κ3) is 4.28. The molecule has 0 radical (unpaired) electrons. The van der Waals surface area contributed by atoms with E-state index < -0.39 is 5.91 Å². The Bertz CT molecular complexity index is 1080. The lowest BCUT2D eigenvalue weighted by atomic mass is 10.0. The molecule has 154 valence electrons. The fraction of sp³-hybridized carbons (Fsp3) is 0.217. The van der Waals surface area contributed by atoms with Gasteiger partial charge >= 0.3 is 0 Å². The fourth-order valence-corrected chi connectivity index (χ4v) is 5.67. The minimum Gasteiger partial charge on any atom is -0.365 e. The Balaban J connectivity index is 1.58. The Morgan fingerprint density at radius 3 is 2.60 bits per heavy atom. The van der Waals surface area contributed by atoms with Crippen molar-refractivity contribution in [2.24, 2.45) is 5.73 Å². The van der Waals surface area contributed by atoms with Gasteiger partial charge in [-0.1, -0.05) is 42.5 Å². The first-order valence-electron chi connectivity index (χ1n) is 9.71. The molecule has 0 unspecified atom stereocenters. The van der Waals surface area contributed by atoms with Gasteiger partial charge in [-0.05, 0) is 35.9 Å². The van der Waals surface area contributed by atoms with Crippen LogP contribution in [0.25, 0.3) is 0 Å². The number of anilines is 1. The Labute approximate surface area is 184 Å². The van der Waals surface area contributed by atoms with E-state index in [0.717, 1.165) is 41.4 Å². The minimum absolute atomic E-state index is 0.220. The molecular weight excluding hydrogens is 414 g/mol. The van der Waals surface area contributed by atoms with E-state index in [1.807, 2.05) is 42.7 Å². The fourth-order valence-electron chi connectivity index (χ4n) is 3.78. The number of nitrogens with one attached hydrogen (secondary N) is 1. The van der Waals surface area contributed by atoms with Crippen molar-refractivity contribution in [2.45, 2.75) is 24.4 Å². The lowest BCUT2D eigenvalue weighted by Crippen LogP contribution is -2.30. The van der Waals surface area contributed by atoms with E-state index in [4.69, 9.17) is 5.73 Å². The number of carbonyl (C=O) groups excluding carboxylic acids is 2. The van der Waals surface area contributed by atoms with Crippen molar-refractivity contribution in [1.29, 1.82) is 0 Å². The largest absolute Gasteiger partial charge is 0.365 e. The number of rotatable bonds is 6. The summed E-state index contributed by atoms with van der Waals surface area (Å²) in [6.07, 6.45) is 2.68. The van der Waals surface area contributed by atoms with Crippen LogP contribution in [-0.4, -0.2) is 29.5 Å². The summed E-state index contributed by atoms with van der Waals surface area (Å²) in [6, 6.07) is 17.8. The third-order valence-corrected chi connectivity index (χ3v) is 7.14. The summed E-state index contributed by atoms with van der Waals surface area (Å²) in [4.78, 5) is 29.5. The molecule has 2 heterocycles. The molecule has 1 aliphatic heterocycles. The molecule has 3 aromatic rings. The number of thiophene rings is 1. The molecule has 0 spiro atoms. The van der Waals surface area contributed by atoms with Crippen LogP contribution in [0.5, 0.6) is 0 Å². The van der Waals surface area contributed by atoms with Crippen LogP contribution in [0.15, 0.2) is 59.5 Å². The molecule has 1 aliphatic rings. The van der Waals surface area contributed by atoms with Crippen molar-refractivity contribution >= 4 is 39.9 Å². The number of carbonyl (C=O) groups is 2. The quantitative estimate of drug-likeness (QED) is 0.561. The van der Waals surface area contributed by atoms with Crippen LogP contribution in [0.4, 0.5) is 5.00 Å². The number of hydrogen-bond donors (Lipinski definition) is 2. The number of hydrogen-bond acceptors (Lipinski definition) is 5. The molecule has 3 N–H and O–H groups in total. The van der Waals surface area contributed by atoms with E-state index in [9.17, 15) is 9.59 Å². The highest BCUT2D eigenvalue weighted by Gasteiger charge is 2.28. The maximum atomic E-state index is 12.9. The first-order chi connectivity index (χ1) is 14.6. The summed E-state index contributed by atoms with van der Waals surface area (Å²) < 4.78 is 0. The van der Waals surface area contributed by atoms with Crippen LogP contribution >= 0.6 is 23.1 Å². The molecule has 4 rings (SSSR count). The molecule has 0 atom stereocenters. The van der Waals surface area contributed by atoms with Gasteiger partial charge in [-0.25, -0.2) is 0 Å². The van der Waals surface area contributed by atoms with Crippen LogP contribution < -0.4 is 11.1 Å². The molecule has 30 heavy (non-hydrogen) atoms. The van der Waals surface area contributed by atoms with E-state index in [0.29, 0.717) is 16.1 Å². The zero-order valence-electron chi connectivity index (χ0n) is 16.7. The molecule has 0 fully saturated rings. The summed E-state index contributed by atoms with van der Waals surface area (Å²) in [5.74, 6) is -0.709. The van der Waals surface area contributed by atoms with Gasteiger partial charge in [0.2, 0.25) is 0 Å². The average molecular weight is 438 g/mol. The molecule has 0 aliphatic carbocycles. The second-order valence-corrected chi connectivity index (χ2v) is 9.13. The van der Waals surface area contributed by atoms with Crippen molar-refractivity contribution in [3.63, 3.8) is 0 Å². The van der Waals surface area contributed by atoms with Gasteiger partial charge in [0.1, 0.15) is 5.00 Å². The van der Waals surface area contributed by atoms with E-state index in [1.165, 1.54) is 28.7 Å². The molecule has 1 aromatic heterocycles. The van der Waals surface area contributed by atoms with Gasteiger partial charge in [0.15, 0.2) is 0 Å². The Morgan fingerprint density at radius 1 is 1.13 bits per heavy atom. The van der Waals surface area contributed by atoms with E-state index in [1.54, 1.807) is 6.07 Å². The average Bonchev–Trinajstić information content (AvgIpc) is 3.11. The molecule has 0 bridgehead atoms. The van der Waals surface area contributed by atoms with Crippen LogP contribution in [0.3, 0.4) is 0 Å². The molecule has 7 heteroatoms. The van der Waals surface area contributed by atoms with Crippen molar-refractivity contribution in [3.05, 3.63) is 81.7 Å². The second-order valence-electron chi connectivity index (χ2n) is 7.17. The number of amides is 2. The first kappa shape index (κ1) is 20.7. The Kier molecular flexibility index (Phi) is 6.22. The third-order valence-electron chi connectivity index (χ3n) is 5.21. The predicted molar refractivity (Wildman–Crippen MR) is 123 cm³/mol. The lowest BCUT2D eigenvalue weighted by Gasteiger charge is -2.27. The van der Waals surface area contributed by atoms with E-state index in [-0.39, 0.29) is 5.91 Å². The van der Waals surface area contributed by atoms with Crippen LogP contribution in [-0.2, 0) is 19.5 Å². The number of thioether (sulfide) groups is 1. The van der Waals surface area contributed by atoms with Gasteiger partial charge in [0, 0.05) is 29.4 Å². The van der Waals surface area contributed by atoms with Crippen molar-refractivity contribution in [1.82, 2.24) is 4.90 Å². The van der Waals surface area contributed by atoms with Gasteiger partial charge in [-0.15, -0.1) is 23.1 Å². The molecule has 2 amide bonds. The van der Waals surface area contributed by atoms with Gasteiger partial charge < -0.3 is 11.1 Å². The summed E-state index contributed by atoms with van der Waals surface area (Å²) in [5, 5.41) is 3.50. The van der Waals surface area contributed by atoms with E-state index in [2.05, 4.69) is 22.3 Å². The molecule has 5 nitrogen and oxygen atoms in total. The van der Waals surface area contributed by atoms with Crippen molar-refractivity contribution < 1.29 is 9.59 Å². The van der Waals surface area contributed by atoms with E-state index >= 15 is 0 Å². The van der Waals surface area contributed by atoms with Gasteiger partial charge in [0.25, 0.3) is 11.8 Å². The number of nitrogens with zero attached hydrogens (tertiary/aromatic N) is 1. The van der Waals surface area contributed by atoms with Crippen LogP contribution in [0.2, 0.25) is 0 Å². The molecule has 0 saturated carbocycles. The highest BCUT2D eigenvalue weighted by Crippen LogP contribution is 2.37. The smallest absolute Gasteiger partial charge is 0.257 e. The van der Waals surface area contributed by atoms with Gasteiger partial charge in [0.05, 0.1) is 11.1 Å². The van der Waals surface area contributed by atoms with Crippen LogP contribution in [0, 0.1) is 0 Å². The van der Waals surface area contributed by atoms with Gasteiger partial charge in [-0.3, -0.25) is 14.5 Å². The molecule has 0 saturated heterocycles. The maximum absolute atomic E-state index is 12.9. The van der Waals surface area contributed by atoms with Crippen LogP contribution in [0.1, 0.15) is 36.7 Å². The second kappa shape index (κ2) is 9.04. The molecule has 2 aromatic carbocycles. The standard InChI is InChI=1S/C23H23N3O2S2/c1-29-18-10-6-5-9-17(18)22(28)25-23-20(21(24)27)16-11-12-26(14-19(16)30-23)13-15-7-3-2-4-8-15/h2-10H,11-14H2,1H3,(H2,24,27)(H,25,28). The zero-order chi connectivity index (χ0) is 21.1. The summed E-state index contributed by atoms with van der Waals surface area (Å²) in [5.41, 5.74) is 9.00. The number of benzene rings is 2. The maximum Gasteiger partial charge on any atom is 0.257 e. The Morgan fingerprint density at radius 2 is 1.87 bits per heavy atom. The van der Waals surface area contributed by atoms with Crippen molar-refractivity contribution in [3.8, 4) is 0 Å². The monoisotopic (exact) mass is 437 g/mol. The predicted octanol–water partition coefficient (Wildman–Crippen LogP) is 4.38. The normalized spacial score (nSPS) is 13.6. The number of primary amides is 1. The van der Waals surface area contributed by atoms with Gasteiger partial charge in [-0.2, -0.15) is 0 Å². The summed E-state index contributed by atoms with van der Waals surface area (Å²) in [6.45, 7) is 2.45. The zero-order valence-corrected chi connectivity index (χ0v) is 18.3.